The van der Waals surface area contributed by atoms with Crippen molar-refractivity contribution in [1.29, 1.82) is 5.26 Å². The molecule has 98 valence electrons. The third-order valence-corrected chi connectivity index (χ3v) is 2.87. The zero-order valence-corrected chi connectivity index (χ0v) is 10.2. The number of carbonyl (C=O) groups excluding carboxylic acids is 1. The van der Waals surface area contributed by atoms with Crippen molar-refractivity contribution in [2.45, 2.75) is 6.42 Å². The van der Waals surface area contributed by atoms with E-state index in [2.05, 4.69) is 20.6 Å². The van der Waals surface area contributed by atoms with E-state index in [1.807, 2.05) is 12.1 Å². The molecule has 0 spiro atoms. The first-order chi connectivity index (χ1) is 9.64. The highest BCUT2D eigenvalue weighted by Crippen LogP contribution is 2.27. The van der Waals surface area contributed by atoms with Crippen LogP contribution in [0.2, 0.25) is 0 Å². The van der Waals surface area contributed by atoms with Gasteiger partial charge in [0.05, 0.1) is 6.42 Å². The molecule has 1 aromatic heterocycles. The predicted octanol–water partition coefficient (Wildman–Crippen LogP) is 0.880. The number of H-pyrrole nitrogens is 1. The molecule has 3 N–H and O–H groups in total. The fourth-order valence-electron chi connectivity index (χ4n) is 2.04. The van der Waals surface area contributed by atoms with Gasteiger partial charge in [0.1, 0.15) is 17.6 Å². The van der Waals surface area contributed by atoms with Crippen LogP contribution in [0.3, 0.4) is 0 Å². The molecule has 0 fully saturated rings. The second-order valence-corrected chi connectivity index (χ2v) is 4.32. The Morgan fingerprint density at radius 3 is 2.95 bits per heavy atom. The number of nitrogens with one attached hydrogen (secondary N) is 3. The fraction of sp³-hybridized carbons (Fsp3) is 0.0769. The van der Waals surface area contributed by atoms with Crippen molar-refractivity contribution in [1.82, 2.24) is 9.97 Å². The topological polar surface area (TPSA) is 111 Å². The minimum atomic E-state index is -0.593. The number of nitriles is 1. The van der Waals surface area contributed by atoms with Crippen LogP contribution in [-0.4, -0.2) is 15.9 Å². The number of aromatic nitrogens is 2. The molecule has 1 amide bonds. The van der Waals surface area contributed by atoms with Crippen molar-refractivity contribution < 1.29 is 4.79 Å². The van der Waals surface area contributed by atoms with E-state index >= 15 is 0 Å². The first-order valence-electron chi connectivity index (χ1n) is 5.85. The Hall–Kier alpha value is -3.14. The average molecular weight is 267 g/mol. The van der Waals surface area contributed by atoms with E-state index in [0.29, 0.717) is 12.1 Å². The van der Waals surface area contributed by atoms with Crippen LogP contribution in [0.15, 0.2) is 29.1 Å². The number of hydrogen-bond donors (Lipinski definition) is 3. The Balaban J connectivity index is 1.91. The summed E-state index contributed by atoms with van der Waals surface area (Å²) in [5.74, 6) is 0.237. The molecule has 2 aromatic rings. The van der Waals surface area contributed by atoms with Crippen LogP contribution in [0.5, 0.6) is 0 Å². The Bertz CT molecular complexity index is 803. The highest BCUT2D eigenvalue weighted by molar-refractivity contribution is 5.99. The molecule has 7 nitrogen and oxygen atoms in total. The van der Waals surface area contributed by atoms with Crippen LogP contribution in [-0.2, 0) is 11.2 Å². The summed E-state index contributed by atoms with van der Waals surface area (Å²) in [4.78, 5) is 28.6. The van der Waals surface area contributed by atoms with Gasteiger partial charge in [-0.1, -0.05) is 0 Å². The summed E-state index contributed by atoms with van der Waals surface area (Å²) in [6, 6.07) is 8.64. The number of benzene rings is 1. The van der Waals surface area contributed by atoms with Crippen LogP contribution < -0.4 is 16.3 Å². The molecule has 0 saturated carbocycles. The van der Waals surface area contributed by atoms with Crippen molar-refractivity contribution in [3.05, 3.63) is 46.0 Å². The number of carbonyl (C=O) groups is 1. The average Bonchev–Trinajstić information content (AvgIpc) is 2.77. The van der Waals surface area contributed by atoms with Crippen molar-refractivity contribution >= 4 is 23.1 Å². The third-order valence-electron chi connectivity index (χ3n) is 2.87. The summed E-state index contributed by atoms with van der Waals surface area (Å²) in [6.07, 6.45) is 0.330. The van der Waals surface area contributed by atoms with Crippen molar-refractivity contribution in [2.24, 2.45) is 0 Å². The van der Waals surface area contributed by atoms with Crippen molar-refractivity contribution in [2.75, 3.05) is 10.6 Å². The molecule has 2 heterocycles. The third kappa shape index (κ3) is 2.22. The largest absolute Gasteiger partial charge is 0.347 e. The summed E-state index contributed by atoms with van der Waals surface area (Å²) in [6.45, 7) is 0. The molecule has 3 rings (SSSR count). The summed E-state index contributed by atoms with van der Waals surface area (Å²) in [5.41, 5.74) is 1.90. The molecule has 1 aromatic carbocycles. The van der Waals surface area contributed by atoms with Gasteiger partial charge >= 0.3 is 5.69 Å². The zero-order valence-electron chi connectivity index (χ0n) is 10.2. The number of amides is 1. The maximum atomic E-state index is 11.3. The lowest BCUT2D eigenvalue weighted by atomic mass is 10.1. The first-order valence-corrected chi connectivity index (χ1v) is 5.85. The van der Waals surface area contributed by atoms with E-state index in [9.17, 15) is 9.59 Å². The Morgan fingerprint density at radius 2 is 2.15 bits per heavy atom. The molecular formula is C13H9N5O2. The van der Waals surface area contributed by atoms with Gasteiger partial charge in [-0.15, -0.1) is 0 Å². The van der Waals surface area contributed by atoms with E-state index in [1.54, 1.807) is 12.1 Å². The number of rotatable bonds is 2. The molecule has 0 radical (unpaired) electrons. The Morgan fingerprint density at radius 1 is 1.30 bits per heavy atom. The van der Waals surface area contributed by atoms with Gasteiger partial charge < -0.3 is 10.6 Å². The normalized spacial score (nSPS) is 12.4. The molecule has 0 bridgehead atoms. The van der Waals surface area contributed by atoms with E-state index in [4.69, 9.17) is 5.26 Å². The molecule has 1 aliphatic rings. The molecule has 0 atom stereocenters. The van der Waals surface area contributed by atoms with E-state index in [0.717, 1.165) is 11.3 Å². The lowest BCUT2D eigenvalue weighted by Gasteiger charge is -2.07. The second kappa shape index (κ2) is 4.51. The number of fused-ring (bicyclic) bond motifs is 1. The molecule has 0 aliphatic carbocycles. The first kappa shape index (κ1) is 11.9. The van der Waals surface area contributed by atoms with Crippen LogP contribution in [0.25, 0.3) is 0 Å². The van der Waals surface area contributed by atoms with Gasteiger partial charge in [0.15, 0.2) is 0 Å². The van der Waals surface area contributed by atoms with E-state index in [-0.39, 0.29) is 17.4 Å². The van der Waals surface area contributed by atoms with E-state index in [1.165, 1.54) is 6.07 Å². The summed E-state index contributed by atoms with van der Waals surface area (Å²) < 4.78 is 0. The molecule has 0 unspecified atom stereocenters. The SMILES string of the molecule is N#Cc1cc(Nc2ccc3c(c2)CC(=O)N3)nc(=O)[nH]1. The minimum Gasteiger partial charge on any atom is -0.340 e. The zero-order chi connectivity index (χ0) is 14.1. The van der Waals surface area contributed by atoms with E-state index < -0.39 is 5.69 Å². The van der Waals surface area contributed by atoms with Crippen LogP contribution in [0.4, 0.5) is 17.2 Å². The fourth-order valence-corrected chi connectivity index (χ4v) is 2.04. The predicted molar refractivity (Wildman–Crippen MR) is 71.6 cm³/mol. The number of aromatic amines is 1. The maximum Gasteiger partial charge on any atom is 0.347 e. The lowest BCUT2D eigenvalue weighted by molar-refractivity contribution is -0.115. The Kier molecular flexibility index (Phi) is 2.69. The summed E-state index contributed by atoms with van der Waals surface area (Å²) in [7, 11) is 0. The van der Waals surface area contributed by atoms with Gasteiger partial charge in [0.2, 0.25) is 5.91 Å². The molecule has 0 saturated heterocycles. The molecule has 20 heavy (non-hydrogen) atoms. The highest BCUT2D eigenvalue weighted by Gasteiger charge is 2.17. The Labute approximate surface area is 113 Å². The lowest BCUT2D eigenvalue weighted by Crippen LogP contribution is -2.13. The number of hydrogen-bond acceptors (Lipinski definition) is 5. The van der Waals surface area contributed by atoms with Gasteiger partial charge in [-0.05, 0) is 23.8 Å². The van der Waals surface area contributed by atoms with Crippen molar-refractivity contribution in [3.8, 4) is 6.07 Å². The summed E-state index contributed by atoms with van der Waals surface area (Å²) >= 11 is 0. The van der Waals surface area contributed by atoms with Crippen LogP contribution in [0.1, 0.15) is 11.3 Å². The molecule has 1 aliphatic heterocycles. The molecular weight excluding hydrogens is 258 g/mol. The quantitative estimate of drug-likeness (QED) is 0.748. The maximum absolute atomic E-state index is 11.3. The van der Waals surface area contributed by atoms with Gasteiger partial charge in [0, 0.05) is 17.4 Å². The monoisotopic (exact) mass is 267 g/mol. The smallest absolute Gasteiger partial charge is 0.340 e. The van der Waals surface area contributed by atoms with Gasteiger partial charge in [-0.2, -0.15) is 10.2 Å². The summed E-state index contributed by atoms with van der Waals surface area (Å²) in [5, 5.41) is 14.5. The second-order valence-electron chi connectivity index (χ2n) is 4.32. The van der Waals surface area contributed by atoms with Crippen molar-refractivity contribution in [3.63, 3.8) is 0 Å². The van der Waals surface area contributed by atoms with Gasteiger partial charge in [0.25, 0.3) is 0 Å². The highest BCUT2D eigenvalue weighted by atomic mass is 16.2. The van der Waals surface area contributed by atoms with Crippen LogP contribution in [0, 0.1) is 11.3 Å². The number of nitrogens with zero attached hydrogens (tertiary/aromatic N) is 2. The number of anilines is 3. The van der Waals surface area contributed by atoms with Gasteiger partial charge in [-0.25, -0.2) is 4.79 Å². The standard InChI is InChI=1S/C13H9N5O2/c14-6-9-5-11(18-13(20)16-9)15-8-1-2-10-7(3-8)4-12(19)17-10/h1-3,5H,4H2,(H,17,19)(H2,15,16,18,20). The van der Waals surface area contributed by atoms with Crippen LogP contribution >= 0.6 is 0 Å². The minimum absolute atomic E-state index is 0.0433. The molecule has 7 heteroatoms. The van der Waals surface area contributed by atoms with Gasteiger partial charge in [-0.3, -0.25) is 9.78 Å².